The molecule has 0 saturated carbocycles. The Balaban J connectivity index is 1.46. The van der Waals surface area contributed by atoms with Gasteiger partial charge >= 0.3 is 0 Å². The number of rotatable bonds is 4. The van der Waals surface area contributed by atoms with Crippen molar-refractivity contribution in [2.24, 2.45) is 0 Å². The third-order valence-electron chi connectivity index (χ3n) is 3.82. The number of benzene rings is 2. The summed E-state index contributed by atoms with van der Waals surface area (Å²) in [6, 6.07) is 14.9. The summed E-state index contributed by atoms with van der Waals surface area (Å²) in [6.45, 7) is 1.10. The summed E-state index contributed by atoms with van der Waals surface area (Å²) in [6.07, 6.45) is 1.65. The van der Waals surface area contributed by atoms with Gasteiger partial charge in [0.25, 0.3) is 5.91 Å². The van der Waals surface area contributed by atoms with Crippen LogP contribution in [0.25, 0.3) is 11.3 Å². The van der Waals surface area contributed by atoms with Crippen LogP contribution in [0.3, 0.4) is 0 Å². The Labute approximate surface area is 144 Å². The molecule has 0 saturated heterocycles. The van der Waals surface area contributed by atoms with Gasteiger partial charge in [0.2, 0.25) is 5.89 Å². The number of nitrogens with zero attached hydrogens (tertiary/aromatic N) is 1. The molecule has 0 atom stereocenters. The van der Waals surface area contributed by atoms with Crippen LogP contribution in [0.4, 0.5) is 0 Å². The van der Waals surface area contributed by atoms with Crippen molar-refractivity contribution in [2.75, 3.05) is 13.2 Å². The van der Waals surface area contributed by atoms with Gasteiger partial charge in [0.1, 0.15) is 13.2 Å². The number of oxazole rings is 1. The Morgan fingerprint density at radius 3 is 2.76 bits per heavy atom. The van der Waals surface area contributed by atoms with Crippen LogP contribution in [0, 0.1) is 0 Å². The van der Waals surface area contributed by atoms with Crippen LogP contribution < -0.4 is 14.8 Å². The predicted octanol–water partition coefficient (Wildman–Crippen LogP) is 3.04. The number of fused-ring (bicyclic) bond motifs is 1. The van der Waals surface area contributed by atoms with Gasteiger partial charge in [-0.05, 0) is 12.1 Å². The molecule has 1 amide bonds. The van der Waals surface area contributed by atoms with Crippen molar-refractivity contribution in [2.45, 2.75) is 6.54 Å². The summed E-state index contributed by atoms with van der Waals surface area (Å²) in [4.78, 5) is 16.7. The second-order valence-corrected chi connectivity index (χ2v) is 5.50. The van der Waals surface area contributed by atoms with E-state index in [2.05, 4.69) is 10.3 Å². The first-order valence-corrected chi connectivity index (χ1v) is 7.98. The van der Waals surface area contributed by atoms with Gasteiger partial charge in [-0.25, -0.2) is 4.98 Å². The summed E-state index contributed by atoms with van der Waals surface area (Å²) in [5.41, 5.74) is 1.38. The number of carbonyl (C=O) groups excluding carboxylic acids is 1. The number of aromatic nitrogens is 1. The summed E-state index contributed by atoms with van der Waals surface area (Å²) in [5.74, 6) is 1.90. The zero-order chi connectivity index (χ0) is 17.1. The minimum Gasteiger partial charge on any atom is -0.486 e. The maximum Gasteiger partial charge on any atom is 0.255 e. The average molecular weight is 336 g/mol. The Morgan fingerprint density at radius 2 is 1.88 bits per heavy atom. The molecule has 6 nitrogen and oxygen atoms in total. The minimum absolute atomic E-state index is 0.191. The molecular weight excluding hydrogens is 320 g/mol. The monoisotopic (exact) mass is 336 g/mol. The largest absolute Gasteiger partial charge is 0.486 e. The highest BCUT2D eigenvalue weighted by atomic mass is 16.6. The molecule has 4 rings (SSSR count). The summed E-state index contributed by atoms with van der Waals surface area (Å²) in [5, 5.41) is 2.80. The summed E-state index contributed by atoms with van der Waals surface area (Å²) >= 11 is 0. The number of nitrogens with one attached hydrogen (secondary N) is 1. The third-order valence-corrected chi connectivity index (χ3v) is 3.82. The molecule has 1 aliphatic heterocycles. The fourth-order valence-corrected chi connectivity index (χ4v) is 2.63. The lowest BCUT2D eigenvalue weighted by molar-refractivity contribution is 0.0936. The zero-order valence-corrected chi connectivity index (χ0v) is 13.4. The number of hydrogen-bond acceptors (Lipinski definition) is 5. The first-order chi connectivity index (χ1) is 12.3. The number of para-hydroxylation sites is 1. The molecule has 1 aromatic heterocycles. The van der Waals surface area contributed by atoms with Crippen LogP contribution in [-0.2, 0) is 6.54 Å². The third kappa shape index (κ3) is 3.19. The van der Waals surface area contributed by atoms with Crippen molar-refractivity contribution in [1.29, 1.82) is 0 Å². The van der Waals surface area contributed by atoms with Crippen molar-refractivity contribution >= 4 is 5.91 Å². The van der Waals surface area contributed by atoms with Gasteiger partial charge in [0.05, 0.1) is 18.3 Å². The fraction of sp³-hybridized carbons (Fsp3) is 0.158. The highest BCUT2D eigenvalue weighted by molar-refractivity contribution is 5.97. The van der Waals surface area contributed by atoms with Gasteiger partial charge in [-0.15, -0.1) is 0 Å². The Kier molecular flexibility index (Phi) is 4.08. The Hall–Kier alpha value is -3.28. The molecule has 2 aromatic carbocycles. The van der Waals surface area contributed by atoms with E-state index in [-0.39, 0.29) is 12.5 Å². The molecule has 0 spiro atoms. The molecule has 1 aliphatic rings. The molecule has 0 radical (unpaired) electrons. The molecule has 0 aliphatic carbocycles. The van der Waals surface area contributed by atoms with E-state index in [4.69, 9.17) is 13.9 Å². The van der Waals surface area contributed by atoms with E-state index < -0.39 is 0 Å². The van der Waals surface area contributed by atoms with E-state index in [1.165, 1.54) is 0 Å². The lowest BCUT2D eigenvalue weighted by atomic mass is 10.1. The lowest BCUT2D eigenvalue weighted by Crippen LogP contribution is -2.25. The number of ether oxygens (including phenoxy) is 2. The molecule has 2 heterocycles. The van der Waals surface area contributed by atoms with Crippen LogP contribution in [0.5, 0.6) is 11.5 Å². The number of amides is 1. The van der Waals surface area contributed by atoms with Crippen LogP contribution in [0.1, 0.15) is 16.2 Å². The van der Waals surface area contributed by atoms with Gasteiger partial charge in [-0.1, -0.05) is 36.4 Å². The predicted molar refractivity (Wildman–Crippen MR) is 90.5 cm³/mol. The molecule has 1 N–H and O–H groups in total. The second-order valence-electron chi connectivity index (χ2n) is 5.50. The van der Waals surface area contributed by atoms with Gasteiger partial charge in [0, 0.05) is 5.56 Å². The molecule has 126 valence electrons. The highest BCUT2D eigenvalue weighted by Crippen LogP contribution is 2.33. The Morgan fingerprint density at radius 1 is 1.04 bits per heavy atom. The topological polar surface area (TPSA) is 73.6 Å². The smallest absolute Gasteiger partial charge is 0.255 e. The van der Waals surface area contributed by atoms with E-state index in [1.807, 2.05) is 30.3 Å². The van der Waals surface area contributed by atoms with Crippen LogP contribution in [0.2, 0.25) is 0 Å². The molecule has 3 aromatic rings. The molecule has 25 heavy (non-hydrogen) atoms. The van der Waals surface area contributed by atoms with Crippen molar-refractivity contribution in [3.8, 4) is 22.8 Å². The zero-order valence-electron chi connectivity index (χ0n) is 13.4. The average Bonchev–Trinajstić information content (AvgIpc) is 3.15. The van der Waals surface area contributed by atoms with Crippen molar-refractivity contribution in [3.63, 3.8) is 0 Å². The first kappa shape index (κ1) is 15.3. The molecule has 6 heteroatoms. The standard InChI is InChI=1S/C19H16N2O4/c22-19(14-7-4-8-15-18(14)24-10-9-23-15)21-12-17-20-11-16(25-17)13-5-2-1-3-6-13/h1-8,11H,9-10,12H2,(H,21,22). The first-order valence-electron chi connectivity index (χ1n) is 7.98. The summed E-state index contributed by atoms with van der Waals surface area (Å²) < 4.78 is 16.7. The van der Waals surface area contributed by atoms with Crippen LogP contribution in [0.15, 0.2) is 59.1 Å². The van der Waals surface area contributed by atoms with Gasteiger partial charge in [-0.3, -0.25) is 4.79 Å². The second kappa shape index (κ2) is 6.68. The van der Waals surface area contributed by atoms with Crippen molar-refractivity contribution in [1.82, 2.24) is 10.3 Å². The minimum atomic E-state index is -0.262. The molecule has 0 unspecified atom stereocenters. The normalized spacial score (nSPS) is 12.6. The lowest BCUT2D eigenvalue weighted by Gasteiger charge is -2.20. The van der Waals surface area contributed by atoms with Gasteiger partial charge < -0.3 is 19.2 Å². The van der Waals surface area contributed by atoms with Crippen molar-refractivity contribution in [3.05, 3.63) is 66.2 Å². The number of hydrogen-bond donors (Lipinski definition) is 1. The van der Waals surface area contributed by atoms with Gasteiger partial charge in [0.15, 0.2) is 17.3 Å². The maximum atomic E-state index is 12.5. The van der Waals surface area contributed by atoms with E-state index in [9.17, 15) is 4.79 Å². The van der Waals surface area contributed by atoms with Gasteiger partial charge in [-0.2, -0.15) is 0 Å². The SMILES string of the molecule is O=C(NCc1ncc(-c2ccccc2)o1)c1cccc2c1OCCO2. The summed E-state index contributed by atoms with van der Waals surface area (Å²) in [7, 11) is 0. The van der Waals surface area contributed by atoms with E-state index >= 15 is 0 Å². The van der Waals surface area contributed by atoms with Crippen LogP contribution in [-0.4, -0.2) is 24.1 Å². The van der Waals surface area contributed by atoms with E-state index in [0.29, 0.717) is 41.9 Å². The maximum absolute atomic E-state index is 12.5. The van der Waals surface area contributed by atoms with Crippen LogP contribution >= 0.6 is 0 Å². The Bertz CT molecular complexity index is 889. The molecule has 0 bridgehead atoms. The highest BCUT2D eigenvalue weighted by Gasteiger charge is 2.20. The quantitative estimate of drug-likeness (QED) is 0.793. The number of carbonyl (C=O) groups is 1. The fourth-order valence-electron chi connectivity index (χ4n) is 2.63. The van der Waals surface area contributed by atoms with E-state index in [1.54, 1.807) is 24.4 Å². The van der Waals surface area contributed by atoms with Crippen molar-refractivity contribution < 1.29 is 18.7 Å². The van der Waals surface area contributed by atoms with E-state index in [0.717, 1.165) is 5.56 Å². The molecule has 0 fully saturated rings. The molecular formula is C19H16N2O4.